The van der Waals surface area contributed by atoms with Crippen molar-refractivity contribution in [3.63, 3.8) is 0 Å². The zero-order valence-electron chi connectivity index (χ0n) is 15.8. The van der Waals surface area contributed by atoms with Crippen molar-refractivity contribution in [1.29, 1.82) is 0 Å². The molecule has 0 radical (unpaired) electrons. The topological polar surface area (TPSA) is 0 Å². The Morgan fingerprint density at radius 3 is 1.48 bits per heavy atom. The molecule has 0 unspecified atom stereocenters. The normalized spacial score (nSPS) is 15.1. The van der Waals surface area contributed by atoms with Gasteiger partial charge in [0.2, 0.25) is 9.79 Å². The summed E-state index contributed by atoms with van der Waals surface area (Å²) in [7, 11) is -1.57. The van der Waals surface area contributed by atoms with E-state index in [9.17, 15) is 17.6 Å². The van der Waals surface area contributed by atoms with Gasteiger partial charge in [-0.25, -0.2) is 17.6 Å². The third kappa shape index (κ3) is 4.06. The molecular weight excluding hydrogens is 396 g/mol. The lowest BCUT2D eigenvalue weighted by Crippen LogP contribution is -2.13. The van der Waals surface area contributed by atoms with Crippen LogP contribution in [0.4, 0.5) is 17.6 Å². The first-order chi connectivity index (χ1) is 14.1. The van der Waals surface area contributed by atoms with Crippen LogP contribution in [0.5, 0.6) is 0 Å². The predicted molar refractivity (Wildman–Crippen MR) is 107 cm³/mol. The Balaban J connectivity index is 1.83. The maximum atomic E-state index is 14.6. The molecular formula is C24H21F4S+. The highest BCUT2D eigenvalue weighted by atomic mass is 32.2. The number of benzene rings is 3. The van der Waals surface area contributed by atoms with Crippen LogP contribution in [0.15, 0.2) is 75.4 Å². The second-order valence-electron chi connectivity index (χ2n) is 7.31. The van der Waals surface area contributed by atoms with Crippen molar-refractivity contribution in [3.8, 4) is 0 Å². The smallest absolute Gasteiger partial charge is 0.201 e. The summed E-state index contributed by atoms with van der Waals surface area (Å²) in [5.41, 5.74) is 1.17. The number of halogens is 4. The molecule has 1 aliphatic carbocycles. The molecule has 1 fully saturated rings. The van der Waals surface area contributed by atoms with Gasteiger partial charge < -0.3 is 0 Å². The van der Waals surface area contributed by atoms with Crippen molar-refractivity contribution in [2.75, 3.05) is 0 Å². The second kappa shape index (κ2) is 8.62. The molecule has 5 heteroatoms. The van der Waals surface area contributed by atoms with Crippen molar-refractivity contribution >= 4 is 10.9 Å². The zero-order chi connectivity index (χ0) is 20.4. The Morgan fingerprint density at radius 1 is 0.586 bits per heavy atom. The minimum Gasteiger partial charge on any atom is -0.201 e. The molecule has 4 rings (SSSR count). The maximum absolute atomic E-state index is 14.6. The van der Waals surface area contributed by atoms with Gasteiger partial charge in [-0.05, 0) is 60.7 Å². The molecule has 29 heavy (non-hydrogen) atoms. The largest absolute Gasteiger partial charge is 0.237 e. The van der Waals surface area contributed by atoms with E-state index in [2.05, 4.69) is 0 Å². The van der Waals surface area contributed by atoms with Gasteiger partial charge in [-0.2, -0.15) is 0 Å². The standard InChI is InChI=1S/C24H21F4S/c25-19-8-4-9-20(26)23(19)29(24-21(27)10-5-11-22(24)28)18-14-12-17(13-15-18)16-6-2-1-3-7-16/h4-5,8-16H,1-3,6-7H2/q+1. The number of hydrogen-bond acceptors (Lipinski definition) is 0. The van der Waals surface area contributed by atoms with Crippen molar-refractivity contribution in [3.05, 3.63) is 89.5 Å². The van der Waals surface area contributed by atoms with E-state index in [1.165, 1.54) is 37.0 Å². The van der Waals surface area contributed by atoms with Crippen LogP contribution in [0.1, 0.15) is 43.6 Å². The Hall–Kier alpha value is -2.27. The van der Waals surface area contributed by atoms with Crippen LogP contribution in [0.25, 0.3) is 0 Å². The van der Waals surface area contributed by atoms with Gasteiger partial charge in [-0.3, -0.25) is 0 Å². The minimum atomic E-state index is -1.57. The first kappa shape index (κ1) is 20.0. The van der Waals surface area contributed by atoms with Gasteiger partial charge in [-0.1, -0.05) is 43.5 Å². The fraction of sp³-hybridized carbons (Fsp3) is 0.250. The summed E-state index contributed by atoms with van der Waals surface area (Å²) in [6, 6.07) is 14.3. The van der Waals surface area contributed by atoms with Crippen LogP contribution in [0.2, 0.25) is 0 Å². The van der Waals surface area contributed by atoms with Gasteiger partial charge in [0.15, 0.2) is 28.2 Å². The Kier molecular flexibility index (Phi) is 5.95. The lowest BCUT2D eigenvalue weighted by Gasteiger charge is -2.22. The molecule has 0 atom stereocenters. The van der Waals surface area contributed by atoms with Crippen LogP contribution in [0, 0.1) is 23.3 Å². The molecule has 0 heterocycles. The average Bonchev–Trinajstić information content (AvgIpc) is 2.73. The van der Waals surface area contributed by atoms with E-state index in [0.717, 1.165) is 37.1 Å². The van der Waals surface area contributed by atoms with E-state index < -0.39 is 34.2 Å². The van der Waals surface area contributed by atoms with Gasteiger partial charge in [0, 0.05) is 0 Å². The third-order valence-electron chi connectivity index (χ3n) is 5.44. The molecule has 0 nitrogen and oxygen atoms in total. The van der Waals surface area contributed by atoms with Crippen molar-refractivity contribution in [2.24, 2.45) is 0 Å². The molecule has 150 valence electrons. The van der Waals surface area contributed by atoms with Crippen LogP contribution in [-0.2, 0) is 10.9 Å². The van der Waals surface area contributed by atoms with E-state index in [1.807, 2.05) is 12.1 Å². The molecule has 3 aromatic carbocycles. The van der Waals surface area contributed by atoms with E-state index in [1.54, 1.807) is 12.1 Å². The van der Waals surface area contributed by atoms with Crippen molar-refractivity contribution in [2.45, 2.75) is 52.7 Å². The lowest BCUT2D eigenvalue weighted by molar-refractivity contribution is 0.443. The number of rotatable bonds is 4. The fourth-order valence-corrected chi connectivity index (χ4v) is 6.14. The second-order valence-corrected chi connectivity index (χ2v) is 9.21. The highest BCUT2D eigenvalue weighted by Crippen LogP contribution is 2.39. The summed E-state index contributed by atoms with van der Waals surface area (Å²) >= 11 is 0. The van der Waals surface area contributed by atoms with E-state index in [0.29, 0.717) is 10.8 Å². The third-order valence-corrected chi connectivity index (χ3v) is 7.78. The van der Waals surface area contributed by atoms with Crippen molar-refractivity contribution < 1.29 is 17.6 Å². The van der Waals surface area contributed by atoms with E-state index >= 15 is 0 Å². The molecule has 0 bridgehead atoms. The fourth-order valence-electron chi connectivity index (χ4n) is 4.00. The zero-order valence-corrected chi connectivity index (χ0v) is 16.6. The first-order valence-electron chi connectivity index (χ1n) is 9.78. The summed E-state index contributed by atoms with van der Waals surface area (Å²) in [5, 5.41) is 0. The van der Waals surface area contributed by atoms with Crippen LogP contribution in [0.3, 0.4) is 0 Å². The van der Waals surface area contributed by atoms with Crippen LogP contribution < -0.4 is 0 Å². The first-order valence-corrected chi connectivity index (χ1v) is 11.0. The number of hydrogen-bond donors (Lipinski definition) is 0. The summed E-state index contributed by atoms with van der Waals surface area (Å²) in [4.78, 5) is -0.151. The summed E-state index contributed by atoms with van der Waals surface area (Å²) < 4.78 is 58.5. The maximum Gasteiger partial charge on any atom is 0.237 e. The van der Waals surface area contributed by atoms with E-state index in [-0.39, 0.29) is 9.79 Å². The Labute approximate surface area is 170 Å². The molecule has 0 N–H and O–H groups in total. The average molecular weight is 417 g/mol. The highest BCUT2D eigenvalue weighted by Gasteiger charge is 2.40. The van der Waals surface area contributed by atoms with Crippen LogP contribution in [-0.4, -0.2) is 0 Å². The quantitative estimate of drug-likeness (QED) is 0.307. The summed E-state index contributed by atoms with van der Waals surface area (Å²) in [6.45, 7) is 0. The minimum absolute atomic E-state index is 0.318. The summed E-state index contributed by atoms with van der Waals surface area (Å²) in [5.74, 6) is -2.78. The van der Waals surface area contributed by atoms with Gasteiger partial charge in [0.05, 0.1) is 0 Å². The highest BCUT2D eigenvalue weighted by molar-refractivity contribution is 7.97. The lowest BCUT2D eigenvalue weighted by atomic mass is 9.84. The van der Waals surface area contributed by atoms with Gasteiger partial charge >= 0.3 is 0 Å². The van der Waals surface area contributed by atoms with Gasteiger partial charge in [0.25, 0.3) is 0 Å². The monoisotopic (exact) mass is 417 g/mol. The molecule has 1 saturated carbocycles. The molecule has 0 spiro atoms. The molecule has 3 aromatic rings. The molecule has 0 aliphatic heterocycles. The van der Waals surface area contributed by atoms with Crippen molar-refractivity contribution in [1.82, 2.24) is 0 Å². The molecule has 0 aromatic heterocycles. The van der Waals surface area contributed by atoms with E-state index in [4.69, 9.17) is 0 Å². The molecule has 1 aliphatic rings. The molecule has 0 amide bonds. The SMILES string of the molecule is Fc1cccc(F)c1[S+](c1ccc(C2CCCCC2)cc1)c1c(F)cccc1F. The molecule has 0 saturated heterocycles. The van der Waals surface area contributed by atoms with Gasteiger partial charge in [0.1, 0.15) is 10.9 Å². The van der Waals surface area contributed by atoms with Crippen LogP contribution >= 0.6 is 0 Å². The summed E-state index contributed by atoms with van der Waals surface area (Å²) in [6.07, 6.45) is 5.87. The Morgan fingerprint density at radius 2 is 1.03 bits per heavy atom. The van der Waals surface area contributed by atoms with Gasteiger partial charge in [-0.15, -0.1) is 0 Å². The predicted octanol–water partition coefficient (Wildman–Crippen LogP) is 7.39. The Bertz CT molecular complexity index is 902.